The molecule has 0 saturated heterocycles. The van der Waals surface area contributed by atoms with Crippen LogP contribution in [0, 0.1) is 0 Å². The van der Waals surface area contributed by atoms with Crippen molar-refractivity contribution < 1.29 is 10.1 Å². The maximum absolute atomic E-state index is 11.0. The smallest absolute Gasteiger partial charge is 0.179 e. The molecule has 0 spiro atoms. The van der Waals surface area contributed by atoms with Crippen molar-refractivity contribution in [1.82, 2.24) is 0 Å². The predicted octanol–water partition coefficient (Wildman–Crippen LogP) is 8.30. The first kappa shape index (κ1) is 21.6. The third-order valence-electron chi connectivity index (χ3n) is 8.64. The zero-order valence-electron chi connectivity index (χ0n) is 20.6. The van der Waals surface area contributed by atoms with Crippen LogP contribution >= 0.6 is 0 Å². The maximum atomic E-state index is 11.0. The van der Waals surface area contributed by atoms with Crippen molar-refractivity contribution in [1.29, 1.82) is 0 Å². The van der Waals surface area contributed by atoms with Gasteiger partial charge in [0.15, 0.2) is 5.60 Å². The van der Waals surface area contributed by atoms with E-state index in [1.54, 1.807) is 0 Å². The highest BCUT2D eigenvalue weighted by Gasteiger charge is 2.58. The molecule has 2 unspecified atom stereocenters. The van der Waals surface area contributed by atoms with Crippen LogP contribution in [0.3, 0.4) is 0 Å². The SMILES string of the molecule is OOC1(c2ccccc2)c2ccccc2C2(c3ccccc3)c3ccccc3-c3c2c1cc1ccccc31. The van der Waals surface area contributed by atoms with Gasteiger partial charge >= 0.3 is 0 Å². The Bertz CT molecular complexity index is 1860. The first-order valence-electron chi connectivity index (χ1n) is 13.0. The van der Waals surface area contributed by atoms with E-state index < -0.39 is 11.0 Å². The highest BCUT2D eigenvalue weighted by atomic mass is 17.1. The summed E-state index contributed by atoms with van der Waals surface area (Å²) < 4.78 is 0. The second-order valence-corrected chi connectivity index (χ2v) is 10.2. The summed E-state index contributed by atoms with van der Waals surface area (Å²) in [5, 5.41) is 13.4. The third kappa shape index (κ3) is 2.44. The van der Waals surface area contributed by atoms with Crippen molar-refractivity contribution in [2.45, 2.75) is 11.0 Å². The molecule has 0 saturated carbocycles. The molecular formula is C36H24O2. The Morgan fingerprint density at radius 2 is 1.08 bits per heavy atom. The summed E-state index contributed by atoms with van der Waals surface area (Å²) in [5.74, 6) is 0. The summed E-state index contributed by atoms with van der Waals surface area (Å²) >= 11 is 0. The zero-order valence-corrected chi connectivity index (χ0v) is 20.6. The highest BCUT2D eigenvalue weighted by Crippen LogP contribution is 2.65. The molecule has 2 aliphatic rings. The molecule has 180 valence electrons. The Hall–Kier alpha value is -4.50. The normalized spacial score (nSPS) is 20.6. The van der Waals surface area contributed by atoms with Gasteiger partial charge in [0.05, 0.1) is 5.41 Å². The molecule has 8 rings (SSSR count). The van der Waals surface area contributed by atoms with Crippen LogP contribution in [-0.2, 0) is 15.9 Å². The Morgan fingerprint density at radius 1 is 0.500 bits per heavy atom. The second kappa shape index (κ2) is 7.75. The van der Waals surface area contributed by atoms with Crippen LogP contribution in [-0.4, -0.2) is 5.26 Å². The van der Waals surface area contributed by atoms with Gasteiger partial charge in [-0.1, -0.05) is 133 Å². The van der Waals surface area contributed by atoms with Crippen LogP contribution in [0.15, 0.2) is 140 Å². The van der Waals surface area contributed by atoms with Gasteiger partial charge in [-0.15, -0.1) is 0 Å². The molecule has 0 bridgehead atoms. The predicted molar refractivity (Wildman–Crippen MR) is 151 cm³/mol. The molecule has 1 N–H and O–H groups in total. The molecule has 0 heterocycles. The van der Waals surface area contributed by atoms with Gasteiger partial charge in [-0.25, -0.2) is 4.89 Å². The molecule has 0 aliphatic heterocycles. The zero-order chi connectivity index (χ0) is 25.3. The van der Waals surface area contributed by atoms with E-state index in [0.29, 0.717) is 0 Å². The lowest BCUT2D eigenvalue weighted by molar-refractivity contribution is -0.303. The minimum absolute atomic E-state index is 0.556. The van der Waals surface area contributed by atoms with Gasteiger partial charge in [-0.05, 0) is 55.8 Å². The number of fused-ring (bicyclic) bond motifs is 7. The third-order valence-corrected chi connectivity index (χ3v) is 8.64. The van der Waals surface area contributed by atoms with Crippen molar-refractivity contribution in [3.8, 4) is 11.1 Å². The van der Waals surface area contributed by atoms with Gasteiger partial charge in [-0.2, -0.15) is 0 Å². The lowest BCUT2D eigenvalue weighted by atomic mass is 9.57. The minimum atomic E-state index is -1.19. The largest absolute Gasteiger partial charge is 0.250 e. The van der Waals surface area contributed by atoms with Gasteiger partial charge in [-0.3, -0.25) is 5.26 Å². The fraction of sp³-hybridized carbons (Fsp3) is 0.0556. The number of hydrogen-bond acceptors (Lipinski definition) is 2. The monoisotopic (exact) mass is 488 g/mol. The average molecular weight is 489 g/mol. The fourth-order valence-corrected chi connectivity index (χ4v) is 7.28. The van der Waals surface area contributed by atoms with Crippen LogP contribution in [0.1, 0.15) is 38.9 Å². The molecule has 6 aromatic carbocycles. The summed E-state index contributed by atoms with van der Waals surface area (Å²) in [6, 6.07) is 48.9. The van der Waals surface area contributed by atoms with Crippen LogP contribution in [0.25, 0.3) is 21.9 Å². The maximum Gasteiger partial charge on any atom is 0.179 e. The molecule has 0 fully saturated rings. The van der Waals surface area contributed by atoms with Crippen molar-refractivity contribution >= 4 is 10.8 Å². The fourth-order valence-electron chi connectivity index (χ4n) is 7.28. The van der Waals surface area contributed by atoms with Crippen molar-refractivity contribution in [2.24, 2.45) is 0 Å². The van der Waals surface area contributed by atoms with Gasteiger partial charge in [0.25, 0.3) is 0 Å². The van der Waals surface area contributed by atoms with E-state index >= 15 is 0 Å². The summed E-state index contributed by atoms with van der Waals surface area (Å²) in [6.45, 7) is 0. The lowest BCUT2D eigenvalue weighted by Crippen LogP contribution is -2.44. The van der Waals surface area contributed by atoms with Gasteiger partial charge < -0.3 is 0 Å². The van der Waals surface area contributed by atoms with E-state index in [1.165, 1.54) is 33.2 Å². The Morgan fingerprint density at radius 3 is 1.82 bits per heavy atom. The minimum Gasteiger partial charge on any atom is -0.250 e. The summed E-state index contributed by atoms with van der Waals surface area (Å²) in [6.07, 6.45) is 0. The summed E-state index contributed by atoms with van der Waals surface area (Å²) in [7, 11) is 0. The molecule has 2 nitrogen and oxygen atoms in total. The van der Waals surface area contributed by atoms with Crippen molar-refractivity contribution in [3.05, 3.63) is 178 Å². The van der Waals surface area contributed by atoms with Gasteiger partial charge in [0, 0.05) is 11.1 Å². The molecule has 2 aliphatic carbocycles. The Kier molecular flexibility index (Phi) is 4.40. The van der Waals surface area contributed by atoms with Crippen LogP contribution in [0.2, 0.25) is 0 Å². The van der Waals surface area contributed by atoms with E-state index in [4.69, 9.17) is 4.89 Å². The van der Waals surface area contributed by atoms with Crippen molar-refractivity contribution in [2.75, 3.05) is 0 Å². The first-order valence-corrected chi connectivity index (χ1v) is 13.0. The molecule has 0 amide bonds. The molecule has 38 heavy (non-hydrogen) atoms. The highest BCUT2D eigenvalue weighted by molar-refractivity contribution is 6.06. The van der Waals surface area contributed by atoms with E-state index in [9.17, 15) is 5.26 Å². The quantitative estimate of drug-likeness (QED) is 0.200. The number of rotatable bonds is 3. The molecule has 6 aromatic rings. The average Bonchev–Trinajstić information content (AvgIpc) is 3.32. The number of benzene rings is 6. The van der Waals surface area contributed by atoms with E-state index in [-0.39, 0.29) is 0 Å². The lowest BCUT2D eigenvalue weighted by Gasteiger charge is -2.47. The summed E-state index contributed by atoms with van der Waals surface area (Å²) in [4.78, 5) is 5.78. The van der Waals surface area contributed by atoms with Crippen LogP contribution in [0.5, 0.6) is 0 Å². The summed E-state index contributed by atoms with van der Waals surface area (Å²) in [5.41, 5.74) is 8.27. The van der Waals surface area contributed by atoms with E-state index in [2.05, 4.69) is 103 Å². The standard InChI is InChI=1S/C36H24O2/c37-38-36(26-16-5-2-6-17-26)31-22-12-11-21-30(31)35(25-14-3-1-4-15-25)29-20-10-9-19-28(29)33-27-18-8-7-13-24(27)23-32(36)34(33)35/h1-23,37H. The molecule has 0 radical (unpaired) electrons. The van der Waals surface area contributed by atoms with E-state index in [1.807, 2.05) is 36.4 Å². The Labute approximate surface area is 221 Å². The van der Waals surface area contributed by atoms with Gasteiger partial charge in [0.2, 0.25) is 0 Å². The van der Waals surface area contributed by atoms with Crippen LogP contribution in [0.4, 0.5) is 0 Å². The number of hydrogen-bond donors (Lipinski definition) is 1. The molecular weight excluding hydrogens is 464 g/mol. The molecule has 2 heteroatoms. The van der Waals surface area contributed by atoms with Crippen LogP contribution < -0.4 is 0 Å². The second-order valence-electron chi connectivity index (χ2n) is 10.2. The Balaban J connectivity index is 1.69. The molecule has 0 aromatic heterocycles. The molecule has 2 atom stereocenters. The topological polar surface area (TPSA) is 29.5 Å². The first-order chi connectivity index (χ1) is 18.8. The van der Waals surface area contributed by atoms with Gasteiger partial charge in [0.1, 0.15) is 0 Å². The van der Waals surface area contributed by atoms with E-state index in [0.717, 1.165) is 27.6 Å². The van der Waals surface area contributed by atoms with Crippen molar-refractivity contribution in [3.63, 3.8) is 0 Å².